The Labute approximate surface area is 49.3 Å². The van der Waals surface area contributed by atoms with E-state index in [1.807, 2.05) is 0 Å². The highest BCUT2D eigenvalue weighted by Crippen LogP contribution is 2.74. The van der Waals surface area contributed by atoms with E-state index < -0.39 is 0 Å². The summed E-state index contributed by atoms with van der Waals surface area (Å²) in [7, 11) is 0. The van der Waals surface area contributed by atoms with E-state index in [0.717, 1.165) is 17.8 Å². The Bertz CT molecular complexity index is 148. The fourth-order valence-electron chi connectivity index (χ4n) is 3.17. The Morgan fingerprint density at radius 2 is 2.25 bits per heavy atom. The van der Waals surface area contributed by atoms with Crippen molar-refractivity contribution in [3.8, 4) is 0 Å². The van der Waals surface area contributed by atoms with Gasteiger partial charge in [0.2, 0.25) is 0 Å². The summed E-state index contributed by atoms with van der Waals surface area (Å²) in [5.41, 5.74) is 6.39. The van der Waals surface area contributed by atoms with E-state index in [1.165, 1.54) is 19.3 Å². The average molecular weight is 109 g/mol. The second-order valence-corrected chi connectivity index (χ2v) is 3.79. The van der Waals surface area contributed by atoms with Gasteiger partial charge in [0.15, 0.2) is 0 Å². The Balaban J connectivity index is 2.05. The average Bonchev–Trinajstić information content (AvgIpc) is 2.15. The molecule has 0 aromatic carbocycles. The molecule has 3 aliphatic carbocycles. The maximum Gasteiger partial charge on any atom is 0.0223 e. The molecule has 2 N–H and O–H groups in total. The van der Waals surface area contributed by atoms with Crippen LogP contribution in [0.4, 0.5) is 0 Å². The Morgan fingerprint density at radius 1 is 1.38 bits per heavy atom. The van der Waals surface area contributed by atoms with Crippen molar-refractivity contribution in [3.63, 3.8) is 0 Å². The van der Waals surface area contributed by atoms with Crippen molar-refractivity contribution < 1.29 is 0 Å². The van der Waals surface area contributed by atoms with E-state index in [9.17, 15) is 0 Å². The molecule has 0 aromatic rings. The molecule has 3 aliphatic rings. The lowest BCUT2D eigenvalue weighted by molar-refractivity contribution is 0.230. The topological polar surface area (TPSA) is 26.0 Å². The van der Waals surface area contributed by atoms with Crippen LogP contribution in [-0.2, 0) is 0 Å². The lowest BCUT2D eigenvalue weighted by Crippen LogP contribution is -2.41. The van der Waals surface area contributed by atoms with E-state index in [4.69, 9.17) is 5.73 Å². The first kappa shape index (κ1) is 3.89. The number of hydrogen-bond acceptors (Lipinski definition) is 1. The summed E-state index contributed by atoms with van der Waals surface area (Å²) in [6.45, 7) is 0. The molecule has 3 fully saturated rings. The van der Waals surface area contributed by atoms with Gasteiger partial charge in [-0.1, -0.05) is 0 Å². The molecular weight excluding hydrogens is 98.1 g/mol. The number of fused-ring (bicyclic) bond motifs is 1. The van der Waals surface area contributed by atoms with E-state index in [1.54, 1.807) is 0 Å². The predicted molar refractivity (Wildman–Crippen MR) is 31.2 cm³/mol. The second kappa shape index (κ2) is 0.766. The van der Waals surface area contributed by atoms with Crippen molar-refractivity contribution in [3.05, 3.63) is 0 Å². The van der Waals surface area contributed by atoms with Crippen LogP contribution < -0.4 is 5.73 Å². The fourth-order valence-corrected chi connectivity index (χ4v) is 3.17. The van der Waals surface area contributed by atoms with E-state index >= 15 is 0 Å². The van der Waals surface area contributed by atoms with Gasteiger partial charge in [0.1, 0.15) is 0 Å². The molecule has 3 saturated carbocycles. The SMILES string of the molecule is NC12CC3CCC1C32. The third-order valence-corrected chi connectivity index (χ3v) is 3.61. The first-order valence-corrected chi connectivity index (χ1v) is 3.61. The Morgan fingerprint density at radius 3 is 2.50 bits per heavy atom. The van der Waals surface area contributed by atoms with Gasteiger partial charge in [-0.05, 0) is 37.0 Å². The van der Waals surface area contributed by atoms with Crippen LogP contribution in [-0.4, -0.2) is 5.54 Å². The first-order valence-electron chi connectivity index (χ1n) is 3.61. The molecule has 1 heteroatoms. The minimum Gasteiger partial charge on any atom is -0.325 e. The number of nitrogens with two attached hydrogens (primary N) is 1. The van der Waals surface area contributed by atoms with Gasteiger partial charge in [-0.2, -0.15) is 0 Å². The van der Waals surface area contributed by atoms with E-state index in [-0.39, 0.29) is 0 Å². The lowest BCUT2D eigenvalue weighted by Gasteiger charge is -2.32. The maximum absolute atomic E-state index is 5.98. The maximum atomic E-state index is 5.98. The highest BCUT2D eigenvalue weighted by atomic mass is 15.0. The van der Waals surface area contributed by atoms with Gasteiger partial charge in [0.25, 0.3) is 0 Å². The Kier molecular flexibility index (Phi) is 0.372. The molecule has 0 saturated heterocycles. The van der Waals surface area contributed by atoms with Gasteiger partial charge in [-0.25, -0.2) is 0 Å². The van der Waals surface area contributed by atoms with Crippen molar-refractivity contribution in [2.24, 2.45) is 23.5 Å². The summed E-state index contributed by atoms with van der Waals surface area (Å²) in [6.07, 6.45) is 4.31. The van der Waals surface area contributed by atoms with Crippen LogP contribution >= 0.6 is 0 Å². The summed E-state index contributed by atoms with van der Waals surface area (Å²) in [6, 6.07) is 0. The molecule has 0 radical (unpaired) electrons. The monoisotopic (exact) mass is 109 g/mol. The first-order chi connectivity index (χ1) is 3.82. The fraction of sp³-hybridized carbons (Fsp3) is 1.00. The molecule has 0 amide bonds. The van der Waals surface area contributed by atoms with Gasteiger partial charge in [0, 0.05) is 5.54 Å². The minimum absolute atomic E-state index is 0.406. The van der Waals surface area contributed by atoms with Gasteiger partial charge in [-0.3, -0.25) is 0 Å². The summed E-state index contributed by atoms with van der Waals surface area (Å²) in [5, 5.41) is 0. The molecule has 0 spiro atoms. The van der Waals surface area contributed by atoms with Crippen molar-refractivity contribution in [1.29, 1.82) is 0 Å². The molecule has 4 atom stereocenters. The van der Waals surface area contributed by atoms with Crippen molar-refractivity contribution >= 4 is 0 Å². The van der Waals surface area contributed by atoms with Crippen molar-refractivity contribution in [2.75, 3.05) is 0 Å². The minimum atomic E-state index is 0.406. The predicted octanol–water partition coefficient (Wildman–Crippen LogP) is 0.744. The van der Waals surface area contributed by atoms with Crippen LogP contribution in [0.15, 0.2) is 0 Å². The van der Waals surface area contributed by atoms with Crippen LogP contribution in [0, 0.1) is 17.8 Å². The van der Waals surface area contributed by atoms with E-state index in [0.29, 0.717) is 5.54 Å². The quantitative estimate of drug-likeness (QED) is 0.488. The standard InChI is InChI=1S/C7H11N/c8-7-3-4-1-2-5(7)6(4)7/h4-6H,1-3,8H2. The Hall–Kier alpha value is -0.0400. The van der Waals surface area contributed by atoms with E-state index in [2.05, 4.69) is 0 Å². The smallest absolute Gasteiger partial charge is 0.0223 e. The molecule has 8 heavy (non-hydrogen) atoms. The molecule has 3 rings (SSSR count). The molecule has 0 aromatic heterocycles. The van der Waals surface area contributed by atoms with Crippen LogP contribution in [0.1, 0.15) is 19.3 Å². The third kappa shape index (κ3) is 0.188. The zero-order valence-corrected chi connectivity index (χ0v) is 4.93. The van der Waals surface area contributed by atoms with Gasteiger partial charge < -0.3 is 5.73 Å². The summed E-state index contributed by atoms with van der Waals surface area (Å²) in [5.74, 6) is 3.06. The molecule has 0 bridgehead atoms. The number of rotatable bonds is 0. The lowest BCUT2D eigenvalue weighted by atomic mass is 9.77. The molecular formula is C7H11N. The van der Waals surface area contributed by atoms with Crippen LogP contribution in [0.25, 0.3) is 0 Å². The van der Waals surface area contributed by atoms with Gasteiger partial charge >= 0.3 is 0 Å². The van der Waals surface area contributed by atoms with Crippen LogP contribution in [0.3, 0.4) is 0 Å². The van der Waals surface area contributed by atoms with Crippen molar-refractivity contribution in [1.82, 2.24) is 0 Å². The molecule has 4 unspecified atom stereocenters. The molecule has 0 aliphatic heterocycles. The zero-order chi connectivity index (χ0) is 5.35. The summed E-state index contributed by atoms with van der Waals surface area (Å²) < 4.78 is 0. The normalized spacial score (nSPS) is 73.9. The molecule has 1 nitrogen and oxygen atoms in total. The highest BCUT2D eigenvalue weighted by Gasteiger charge is 2.75. The van der Waals surface area contributed by atoms with Gasteiger partial charge in [0.05, 0.1) is 0 Å². The summed E-state index contributed by atoms with van der Waals surface area (Å²) >= 11 is 0. The second-order valence-electron chi connectivity index (χ2n) is 3.79. The third-order valence-electron chi connectivity index (χ3n) is 3.61. The van der Waals surface area contributed by atoms with Crippen molar-refractivity contribution in [2.45, 2.75) is 24.8 Å². The zero-order valence-electron chi connectivity index (χ0n) is 4.93. The number of hydrogen-bond donors (Lipinski definition) is 1. The molecule has 0 heterocycles. The summed E-state index contributed by atoms with van der Waals surface area (Å²) in [4.78, 5) is 0. The van der Waals surface area contributed by atoms with Crippen LogP contribution in [0.5, 0.6) is 0 Å². The highest BCUT2D eigenvalue weighted by molar-refractivity contribution is 5.29. The van der Waals surface area contributed by atoms with Crippen LogP contribution in [0.2, 0.25) is 0 Å². The molecule has 44 valence electrons. The van der Waals surface area contributed by atoms with Gasteiger partial charge in [-0.15, -0.1) is 0 Å². The largest absolute Gasteiger partial charge is 0.325 e.